The van der Waals surface area contributed by atoms with E-state index < -0.39 is 5.92 Å². The second-order valence-corrected chi connectivity index (χ2v) is 9.29. The van der Waals surface area contributed by atoms with Gasteiger partial charge in [-0.25, -0.2) is 0 Å². The molecule has 0 bridgehead atoms. The van der Waals surface area contributed by atoms with Crippen molar-refractivity contribution in [2.24, 2.45) is 0 Å². The third-order valence-corrected chi connectivity index (χ3v) is 6.88. The van der Waals surface area contributed by atoms with Crippen LogP contribution in [-0.4, -0.2) is 48.4 Å². The van der Waals surface area contributed by atoms with Crippen molar-refractivity contribution in [3.8, 4) is 12.3 Å². The number of allylic oxidation sites excluding steroid dienone is 3. The molecule has 1 saturated heterocycles. The molecule has 0 aromatic heterocycles. The van der Waals surface area contributed by atoms with Gasteiger partial charge in [-0.1, -0.05) is 72.1 Å². The van der Waals surface area contributed by atoms with Crippen molar-refractivity contribution in [3.63, 3.8) is 0 Å². The Morgan fingerprint density at radius 1 is 1.20 bits per heavy atom. The lowest BCUT2D eigenvalue weighted by molar-refractivity contribution is -0.124. The number of nitrogens with zero attached hydrogens (tertiary/aromatic N) is 1. The number of carbonyl (C=O) groups is 2. The van der Waals surface area contributed by atoms with Crippen molar-refractivity contribution in [3.05, 3.63) is 94.5 Å². The SMILES string of the molecule is C#C/C=C(Cl)\C=C/C[C@H]1[C@H](C(=O)NCCc2ccccc2)c2ccccc2C(=O)N1[C@H]1CCNC1. The van der Waals surface area contributed by atoms with E-state index in [1.807, 2.05) is 53.4 Å². The quantitative estimate of drug-likeness (QED) is 0.437. The van der Waals surface area contributed by atoms with Gasteiger partial charge in [0.1, 0.15) is 0 Å². The summed E-state index contributed by atoms with van der Waals surface area (Å²) in [5, 5.41) is 6.93. The summed E-state index contributed by atoms with van der Waals surface area (Å²) in [6.45, 7) is 2.09. The first-order chi connectivity index (χ1) is 17.1. The highest BCUT2D eigenvalue weighted by Crippen LogP contribution is 2.37. The first-order valence-electron chi connectivity index (χ1n) is 12.0. The van der Waals surface area contributed by atoms with Crippen LogP contribution in [0.2, 0.25) is 0 Å². The lowest BCUT2D eigenvalue weighted by atomic mass is 9.79. The summed E-state index contributed by atoms with van der Waals surface area (Å²) in [5.41, 5.74) is 2.55. The topological polar surface area (TPSA) is 61.4 Å². The predicted molar refractivity (Wildman–Crippen MR) is 140 cm³/mol. The van der Waals surface area contributed by atoms with Gasteiger partial charge in [0.25, 0.3) is 5.91 Å². The Morgan fingerprint density at radius 3 is 2.71 bits per heavy atom. The maximum atomic E-state index is 13.7. The van der Waals surface area contributed by atoms with Crippen LogP contribution in [0.1, 0.15) is 40.2 Å². The molecule has 5 nitrogen and oxygen atoms in total. The molecule has 35 heavy (non-hydrogen) atoms. The summed E-state index contributed by atoms with van der Waals surface area (Å²) < 4.78 is 0. The molecule has 2 aliphatic heterocycles. The zero-order chi connectivity index (χ0) is 24.6. The van der Waals surface area contributed by atoms with Crippen molar-refractivity contribution in [1.29, 1.82) is 0 Å². The zero-order valence-corrected chi connectivity index (χ0v) is 20.4. The molecule has 0 saturated carbocycles. The normalized spacial score (nSPS) is 22.2. The molecule has 2 aromatic rings. The lowest BCUT2D eigenvalue weighted by Gasteiger charge is -2.44. The molecular formula is C29H30ClN3O2. The van der Waals surface area contributed by atoms with Crippen LogP contribution in [-0.2, 0) is 11.2 Å². The van der Waals surface area contributed by atoms with Gasteiger partial charge < -0.3 is 15.5 Å². The average molecular weight is 488 g/mol. The lowest BCUT2D eigenvalue weighted by Crippen LogP contribution is -2.56. The molecular weight excluding hydrogens is 458 g/mol. The number of rotatable bonds is 8. The second kappa shape index (κ2) is 11.9. The van der Waals surface area contributed by atoms with Crippen molar-refractivity contribution >= 4 is 23.4 Å². The van der Waals surface area contributed by atoms with Gasteiger partial charge in [0.05, 0.1) is 12.0 Å². The standard InChI is InChI=1S/C29H30ClN3O2/c1-2-9-22(30)12-8-15-26-27(28(34)32-19-16-21-10-4-3-5-11-21)24-13-6-7-14-25(24)29(35)33(26)23-17-18-31-20-23/h1,3-14,23,26-27,31H,15-20H2,(H,32,34)/b12-8-,22-9+/t23-,26-,27+/m0/s1. The van der Waals surface area contributed by atoms with Gasteiger partial charge in [-0.2, -0.15) is 0 Å². The summed E-state index contributed by atoms with van der Waals surface area (Å²) >= 11 is 6.16. The van der Waals surface area contributed by atoms with E-state index in [4.69, 9.17) is 18.0 Å². The van der Waals surface area contributed by atoms with Crippen LogP contribution < -0.4 is 10.6 Å². The highest BCUT2D eigenvalue weighted by atomic mass is 35.5. The van der Waals surface area contributed by atoms with Crippen LogP contribution in [0.4, 0.5) is 0 Å². The maximum absolute atomic E-state index is 13.7. The molecule has 2 amide bonds. The number of hydrogen-bond donors (Lipinski definition) is 2. The molecule has 3 atom stereocenters. The number of hydrogen-bond acceptors (Lipinski definition) is 3. The van der Waals surface area contributed by atoms with Crippen LogP contribution in [0, 0.1) is 12.3 Å². The fraction of sp³-hybridized carbons (Fsp3) is 0.310. The molecule has 0 aliphatic carbocycles. The van der Waals surface area contributed by atoms with E-state index in [9.17, 15) is 9.59 Å². The number of fused-ring (bicyclic) bond motifs is 1. The van der Waals surface area contributed by atoms with E-state index in [2.05, 4.69) is 28.7 Å². The van der Waals surface area contributed by atoms with Gasteiger partial charge in [0.15, 0.2) is 0 Å². The van der Waals surface area contributed by atoms with Crippen LogP contribution in [0.15, 0.2) is 77.9 Å². The minimum atomic E-state index is -0.486. The van der Waals surface area contributed by atoms with E-state index in [1.165, 1.54) is 11.6 Å². The van der Waals surface area contributed by atoms with E-state index in [0.29, 0.717) is 30.1 Å². The fourth-order valence-corrected chi connectivity index (χ4v) is 5.18. The molecule has 2 heterocycles. The number of benzene rings is 2. The summed E-state index contributed by atoms with van der Waals surface area (Å²) in [7, 11) is 0. The Bertz CT molecular complexity index is 1150. The monoisotopic (exact) mass is 487 g/mol. The van der Waals surface area contributed by atoms with E-state index in [-0.39, 0.29) is 23.9 Å². The molecule has 2 aliphatic rings. The molecule has 6 heteroatoms. The number of terminal acetylenes is 1. The Morgan fingerprint density at radius 2 is 1.97 bits per heavy atom. The van der Waals surface area contributed by atoms with Crippen molar-refractivity contribution in [2.75, 3.05) is 19.6 Å². The molecule has 1 fully saturated rings. The minimum absolute atomic E-state index is 0.0219. The molecule has 180 valence electrons. The smallest absolute Gasteiger partial charge is 0.254 e. The number of nitrogens with one attached hydrogen (secondary N) is 2. The molecule has 0 unspecified atom stereocenters. The minimum Gasteiger partial charge on any atom is -0.355 e. The molecule has 2 aromatic carbocycles. The number of halogens is 1. The molecule has 0 spiro atoms. The van der Waals surface area contributed by atoms with Gasteiger partial charge in [-0.05, 0) is 49.1 Å². The van der Waals surface area contributed by atoms with Gasteiger partial charge >= 0.3 is 0 Å². The molecule has 4 rings (SSSR count). The van der Waals surface area contributed by atoms with Crippen LogP contribution in [0.5, 0.6) is 0 Å². The number of amides is 2. The average Bonchev–Trinajstić information content (AvgIpc) is 3.39. The summed E-state index contributed by atoms with van der Waals surface area (Å²) in [4.78, 5) is 29.3. The van der Waals surface area contributed by atoms with Gasteiger partial charge in [0.2, 0.25) is 5.91 Å². The predicted octanol–water partition coefficient (Wildman–Crippen LogP) is 4.02. The van der Waals surface area contributed by atoms with E-state index in [0.717, 1.165) is 24.9 Å². The number of carbonyl (C=O) groups excluding carboxylic acids is 2. The Hall–Kier alpha value is -3.33. The Balaban J connectivity index is 1.63. The van der Waals surface area contributed by atoms with E-state index in [1.54, 1.807) is 6.08 Å². The van der Waals surface area contributed by atoms with Crippen molar-refractivity contribution < 1.29 is 9.59 Å². The first-order valence-corrected chi connectivity index (χ1v) is 12.4. The van der Waals surface area contributed by atoms with Crippen LogP contribution in [0.3, 0.4) is 0 Å². The van der Waals surface area contributed by atoms with Gasteiger partial charge in [-0.3, -0.25) is 9.59 Å². The molecule has 0 radical (unpaired) electrons. The van der Waals surface area contributed by atoms with Crippen molar-refractivity contribution in [1.82, 2.24) is 15.5 Å². The summed E-state index contributed by atoms with van der Waals surface area (Å²) in [6, 6.07) is 17.3. The largest absolute Gasteiger partial charge is 0.355 e. The summed E-state index contributed by atoms with van der Waals surface area (Å²) in [6.07, 6.45) is 12.5. The zero-order valence-electron chi connectivity index (χ0n) is 19.6. The first kappa shape index (κ1) is 24.8. The third-order valence-electron chi connectivity index (χ3n) is 6.64. The second-order valence-electron chi connectivity index (χ2n) is 8.85. The van der Waals surface area contributed by atoms with Crippen LogP contribution >= 0.6 is 11.6 Å². The Labute approximate surface area is 212 Å². The van der Waals surface area contributed by atoms with E-state index >= 15 is 0 Å². The highest BCUT2D eigenvalue weighted by molar-refractivity contribution is 6.31. The molecule has 2 N–H and O–H groups in total. The maximum Gasteiger partial charge on any atom is 0.254 e. The van der Waals surface area contributed by atoms with Crippen LogP contribution in [0.25, 0.3) is 0 Å². The van der Waals surface area contributed by atoms with Gasteiger partial charge in [0, 0.05) is 35.8 Å². The summed E-state index contributed by atoms with van der Waals surface area (Å²) in [5.74, 6) is 1.83. The fourth-order valence-electron chi connectivity index (χ4n) is 5.03. The van der Waals surface area contributed by atoms with Gasteiger partial charge in [-0.15, -0.1) is 6.42 Å². The third kappa shape index (κ3) is 5.85. The highest BCUT2D eigenvalue weighted by Gasteiger charge is 2.45. The van der Waals surface area contributed by atoms with Crippen molar-refractivity contribution in [2.45, 2.75) is 37.3 Å². The Kier molecular flexibility index (Phi) is 8.41.